The largest absolute Gasteiger partial charge is 0.0891 e. The van der Waals surface area contributed by atoms with Crippen LogP contribution >= 0.6 is 15.9 Å². The normalized spacial score (nSPS) is 27.0. The minimum atomic E-state index is 0.720. The van der Waals surface area contributed by atoms with Crippen LogP contribution in [0.3, 0.4) is 0 Å². The van der Waals surface area contributed by atoms with Crippen LogP contribution in [0, 0.1) is 12.3 Å². The minimum Gasteiger partial charge on any atom is -0.0891 e. The van der Waals surface area contributed by atoms with E-state index in [1.54, 1.807) is 0 Å². The van der Waals surface area contributed by atoms with Crippen LogP contribution in [0.25, 0.3) is 0 Å². The van der Waals surface area contributed by atoms with Crippen LogP contribution in [0.15, 0.2) is 0 Å². The van der Waals surface area contributed by atoms with Crippen LogP contribution in [-0.4, -0.2) is 4.83 Å². The van der Waals surface area contributed by atoms with Crippen molar-refractivity contribution in [2.75, 3.05) is 0 Å². The van der Waals surface area contributed by atoms with Gasteiger partial charge in [0.15, 0.2) is 0 Å². The molecule has 0 spiro atoms. The van der Waals surface area contributed by atoms with Crippen molar-refractivity contribution < 1.29 is 0 Å². The van der Waals surface area contributed by atoms with Gasteiger partial charge in [0.05, 0.1) is 0 Å². The summed E-state index contributed by atoms with van der Waals surface area (Å²) >= 11 is 3.47. The van der Waals surface area contributed by atoms with Gasteiger partial charge in [-0.3, -0.25) is 0 Å². The van der Waals surface area contributed by atoms with Crippen LogP contribution in [-0.2, 0) is 0 Å². The molecule has 0 aromatic heterocycles. The molecule has 0 aromatic rings. The number of rotatable bonds is 1. The van der Waals surface area contributed by atoms with Crippen molar-refractivity contribution in [3.8, 4) is 0 Å². The lowest BCUT2D eigenvalue weighted by atomic mass is 10.3. The van der Waals surface area contributed by atoms with Gasteiger partial charge >= 0.3 is 0 Å². The Morgan fingerprint density at radius 1 is 2.00 bits per heavy atom. The summed E-state index contributed by atoms with van der Waals surface area (Å²) in [5.41, 5.74) is 0. The Kier molecular flexibility index (Phi) is 1.18. The van der Waals surface area contributed by atoms with E-state index in [0.29, 0.717) is 0 Å². The first-order valence-electron chi connectivity index (χ1n) is 2.28. The van der Waals surface area contributed by atoms with Crippen molar-refractivity contribution in [1.29, 1.82) is 0 Å². The quantitative estimate of drug-likeness (QED) is 0.499. The molecule has 1 heteroatoms. The molecule has 1 aliphatic rings. The van der Waals surface area contributed by atoms with E-state index < -0.39 is 0 Å². The third-order valence-corrected chi connectivity index (χ3v) is 1.78. The maximum absolute atomic E-state index is 3.47. The Labute approximate surface area is 47.1 Å². The Bertz CT molecular complexity index is 45.9. The lowest BCUT2D eigenvalue weighted by Gasteiger charge is -1.91. The molecule has 0 N–H and O–H groups in total. The van der Waals surface area contributed by atoms with Crippen molar-refractivity contribution in [1.82, 2.24) is 0 Å². The molecular weight excluding hydrogens is 140 g/mol. The van der Waals surface area contributed by atoms with Crippen molar-refractivity contribution >= 4 is 15.9 Å². The summed E-state index contributed by atoms with van der Waals surface area (Å²) in [6, 6.07) is 0. The van der Waals surface area contributed by atoms with Gasteiger partial charge in [0.25, 0.3) is 0 Å². The maximum atomic E-state index is 3.47. The van der Waals surface area contributed by atoms with Crippen LogP contribution in [0.1, 0.15) is 13.3 Å². The van der Waals surface area contributed by atoms with Gasteiger partial charge in [0.1, 0.15) is 0 Å². The summed E-state index contributed by atoms with van der Waals surface area (Å²) < 4.78 is 0. The molecule has 1 aliphatic carbocycles. The van der Waals surface area contributed by atoms with Gasteiger partial charge in [0.2, 0.25) is 0 Å². The van der Waals surface area contributed by atoms with Gasteiger partial charge in [0, 0.05) is 4.83 Å². The number of hydrogen-bond donors (Lipinski definition) is 0. The average Bonchev–Trinajstić information content (AvgIpc) is 2.06. The van der Waals surface area contributed by atoms with Gasteiger partial charge in [-0.1, -0.05) is 22.9 Å². The Morgan fingerprint density at radius 3 is 2.50 bits per heavy atom. The molecule has 0 bridgehead atoms. The Hall–Kier alpha value is 0.480. The fourth-order valence-electron chi connectivity index (χ4n) is 0.454. The summed E-state index contributed by atoms with van der Waals surface area (Å²) in [5, 5.41) is 0. The first kappa shape index (κ1) is 4.63. The van der Waals surface area contributed by atoms with Crippen LogP contribution in [0.5, 0.6) is 0 Å². The molecule has 1 radical (unpaired) electrons. The second-order valence-electron chi connectivity index (χ2n) is 1.81. The van der Waals surface area contributed by atoms with Crippen LogP contribution in [0.2, 0.25) is 0 Å². The summed E-state index contributed by atoms with van der Waals surface area (Å²) in [4.78, 5) is 0.720. The van der Waals surface area contributed by atoms with E-state index in [4.69, 9.17) is 0 Å². The SMILES string of the molecule is CC(Br)C1[CH]C1. The summed E-state index contributed by atoms with van der Waals surface area (Å²) in [7, 11) is 0. The smallest absolute Gasteiger partial charge is 0.0148 e. The van der Waals surface area contributed by atoms with Gasteiger partial charge in [-0.25, -0.2) is 0 Å². The van der Waals surface area contributed by atoms with Crippen LogP contribution in [0.4, 0.5) is 0 Å². The molecule has 2 unspecified atom stereocenters. The summed E-state index contributed by atoms with van der Waals surface area (Å²) in [6.45, 7) is 2.19. The maximum Gasteiger partial charge on any atom is 0.0148 e. The highest BCUT2D eigenvalue weighted by Crippen LogP contribution is 2.34. The second kappa shape index (κ2) is 1.53. The van der Waals surface area contributed by atoms with Crippen molar-refractivity contribution in [2.45, 2.75) is 18.2 Å². The topological polar surface area (TPSA) is 0 Å². The third kappa shape index (κ3) is 0.970. The third-order valence-electron chi connectivity index (χ3n) is 1.10. The molecule has 6 heavy (non-hydrogen) atoms. The molecule has 1 rings (SSSR count). The second-order valence-corrected chi connectivity index (χ2v) is 3.26. The number of halogens is 1. The molecule has 0 aromatic carbocycles. The Morgan fingerprint density at radius 2 is 2.50 bits per heavy atom. The molecule has 0 amide bonds. The lowest BCUT2D eigenvalue weighted by molar-refractivity contribution is 0.861. The highest BCUT2D eigenvalue weighted by Gasteiger charge is 2.25. The predicted molar refractivity (Wildman–Crippen MR) is 30.8 cm³/mol. The molecule has 0 heterocycles. The first-order chi connectivity index (χ1) is 2.80. The molecule has 1 saturated carbocycles. The van der Waals surface area contributed by atoms with E-state index in [1.807, 2.05) is 0 Å². The van der Waals surface area contributed by atoms with E-state index >= 15 is 0 Å². The van der Waals surface area contributed by atoms with E-state index in [2.05, 4.69) is 29.3 Å². The lowest BCUT2D eigenvalue weighted by Crippen LogP contribution is -1.88. The van der Waals surface area contributed by atoms with Gasteiger partial charge in [-0.15, -0.1) is 0 Å². The molecule has 0 aliphatic heterocycles. The van der Waals surface area contributed by atoms with Gasteiger partial charge in [-0.05, 0) is 18.8 Å². The summed E-state index contributed by atoms with van der Waals surface area (Å²) in [6.07, 6.45) is 3.64. The van der Waals surface area contributed by atoms with E-state index in [0.717, 1.165) is 10.7 Å². The molecule has 1 fully saturated rings. The fourth-order valence-corrected chi connectivity index (χ4v) is 0.885. The fraction of sp³-hybridized carbons (Fsp3) is 0.800. The molecule has 2 atom stereocenters. The van der Waals surface area contributed by atoms with Crippen molar-refractivity contribution in [3.63, 3.8) is 0 Å². The molecule has 35 valence electrons. The molecule has 0 nitrogen and oxygen atoms in total. The van der Waals surface area contributed by atoms with E-state index in [9.17, 15) is 0 Å². The highest BCUT2D eigenvalue weighted by molar-refractivity contribution is 9.09. The van der Waals surface area contributed by atoms with Crippen molar-refractivity contribution in [2.24, 2.45) is 5.92 Å². The molecular formula is C5H8Br. The summed E-state index contributed by atoms with van der Waals surface area (Å²) in [5.74, 6) is 0.894. The first-order valence-corrected chi connectivity index (χ1v) is 3.19. The van der Waals surface area contributed by atoms with Crippen LogP contribution < -0.4 is 0 Å². The minimum absolute atomic E-state index is 0.720. The zero-order valence-corrected chi connectivity index (χ0v) is 5.40. The standard InChI is InChI=1S/C5H8Br/c1-4(6)5-2-3-5/h2,4-5H,3H2,1H3. The Balaban J connectivity index is 2.13. The predicted octanol–water partition coefficient (Wildman–Crippen LogP) is 1.99. The van der Waals surface area contributed by atoms with E-state index in [-0.39, 0.29) is 0 Å². The highest BCUT2D eigenvalue weighted by atomic mass is 79.9. The van der Waals surface area contributed by atoms with Gasteiger partial charge in [-0.2, -0.15) is 0 Å². The number of alkyl halides is 1. The molecule has 0 saturated heterocycles. The zero-order chi connectivity index (χ0) is 4.57. The van der Waals surface area contributed by atoms with E-state index in [1.165, 1.54) is 6.42 Å². The average molecular weight is 148 g/mol. The van der Waals surface area contributed by atoms with Crippen molar-refractivity contribution in [3.05, 3.63) is 6.42 Å². The monoisotopic (exact) mass is 147 g/mol. The zero-order valence-electron chi connectivity index (χ0n) is 3.82. The van der Waals surface area contributed by atoms with Gasteiger partial charge < -0.3 is 0 Å². The number of hydrogen-bond acceptors (Lipinski definition) is 0.